The van der Waals surface area contributed by atoms with E-state index < -0.39 is 5.60 Å². The number of carbonyl (C=O) groups excluding carboxylic acids is 1. The highest BCUT2D eigenvalue weighted by molar-refractivity contribution is 5.94. The molecule has 206 valence electrons. The molecule has 9 heteroatoms. The maximum atomic E-state index is 11.9. The molecule has 38 heavy (non-hydrogen) atoms. The van der Waals surface area contributed by atoms with Gasteiger partial charge in [0.2, 0.25) is 0 Å². The number of ether oxygens (including phenoxy) is 2. The minimum Gasteiger partial charge on any atom is -0.444 e. The molecule has 0 unspecified atom stereocenters. The van der Waals surface area contributed by atoms with Crippen molar-refractivity contribution >= 4 is 22.8 Å². The standard InChI is InChI=1S/C29H42N6O3/c1-20(2)35-27-26(21(3)32-35)25(34-13-15-37-16-14-34)18-24(31-27)23-10-8-9-22(17-23)19-33(7)12-11-30-28(36)38-29(4,5)6/h8-10,17-18,20H,11-16,19H2,1-7H3,(H,30,36). The van der Waals surface area contributed by atoms with Gasteiger partial charge in [-0.05, 0) is 66.3 Å². The van der Waals surface area contributed by atoms with E-state index in [-0.39, 0.29) is 12.1 Å². The fourth-order valence-electron chi connectivity index (χ4n) is 4.73. The van der Waals surface area contributed by atoms with E-state index in [9.17, 15) is 4.79 Å². The highest BCUT2D eigenvalue weighted by Crippen LogP contribution is 2.34. The lowest BCUT2D eigenvalue weighted by molar-refractivity contribution is 0.0523. The number of alkyl carbamates (subject to hydrolysis) is 1. The second kappa shape index (κ2) is 11.7. The van der Waals surface area contributed by atoms with Crippen LogP contribution in [0.15, 0.2) is 30.3 Å². The van der Waals surface area contributed by atoms with E-state index in [1.54, 1.807) is 0 Å². The maximum absolute atomic E-state index is 11.9. The zero-order valence-corrected chi connectivity index (χ0v) is 23.9. The first-order valence-electron chi connectivity index (χ1n) is 13.5. The molecule has 1 fully saturated rings. The lowest BCUT2D eigenvalue weighted by atomic mass is 10.0. The molecule has 2 aromatic heterocycles. The van der Waals surface area contributed by atoms with Crippen molar-refractivity contribution in [2.75, 3.05) is 51.3 Å². The van der Waals surface area contributed by atoms with Crippen LogP contribution in [-0.4, -0.2) is 77.8 Å². The van der Waals surface area contributed by atoms with Gasteiger partial charge in [-0.3, -0.25) is 0 Å². The predicted molar refractivity (Wildman–Crippen MR) is 152 cm³/mol. The second-order valence-electron chi connectivity index (χ2n) is 11.3. The monoisotopic (exact) mass is 522 g/mol. The van der Waals surface area contributed by atoms with Gasteiger partial charge in [-0.2, -0.15) is 5.10 Å². The summed E-state index contributed by atoms with van der Waals surface area (Å²) in [6.07, 6.45) is -0.388. The van der Waals surface area contributed by atoms with Gasteiger partial charge in [0.1, 0.15) is 5.60 Å². The van der Waals surface area contributed by atoms with Crippen LogP contribution in [0.1, 0.15) is 51.9 Å². The number of pyridine rings is 1. The topological polar surface area (TPSA) is 84.8 Å². The van der Waals surface area contributed by atoms with Crippen molar-refractivity contribution in [3.63, 3.8) is 0 Å². The third-order valence-corrected chi connectivity index (χ3v) is 6.49. The fraction of sp³-hybridized carbons (Fsp3) is 0.552. The number of rotatable bonds is 8. The molecule has 0 radical (unpaired) electrons. The third-order valence-electron chi connectivity index (χ3n) is 6.49. The summed E-state index contributed by atoms with van der Waals surface area (Å²) < 4.78 is 13.0. The fourth-order valence-corrected chi connectivity index (χ4v) is 4.73. The number of carbonyl (C=O) groups is 1. The van der Waals surface area contributed by atoms with Gasteiger partial charge in [-0.1, -0.05) is 18.2 Å². The van der Waals surface area contributed by atoms with Crippen molar-refractivity contribution in [2.24, 2.45) is 0 Å². The van der Waals surface area contributed by atoms with Crippen LogP contribution in [-0.2, 0) is 16.0 Å². The summed E-state index contributed by atoms with van der Waals surface area (Å²) in [4.78, 5) is 21.6. The van der Waals surface area contributed by atoms with Crippen molar-refractivity contribution in [2.45, 2.75) is 59.7 Å². The number of nitrogens with one attached hydrogen (secondary N) is 1. The molecular formula is C29H42N6O3. The van der Waals surface area contributed by atoms with Gasteiger partial charge in [0.05, 0.1) is 35.7 Å². The molecule has 1 aliphatic heterocycles. The van der Waals surface area contributed by atoms with E-state index in [1.165, 1.54) is 11.3 Å². The van der Waals surface area contributed by atoms with E-state index >= 15 is 0 Å². The van der Waals surface area contributed by atoms with Crippen molar-refractivity contribution in [3.8, 4) is 11.3 Å². The van der Waals surface area contributed by atoms with E-state index in [4.69, 9.17) is 19.6 Å². The van der Waals surface area contributed by atoms with E-state index in [0.717, 1.165) is 60.8 Å². The quantitative estimate of drug-likeness (QED) is 0.456. The lowest BCUT2D eigenvalue weighted by Crippen LogP contribution is -2.36. The van der Waals surface area contributed by atoms with Crippen LogP contribution >= 0.6 is 0 Å². The average Bonchev–Trinajstić information content (AvgIpc) is 3.20. The maximum Gasteiger partial charge on any atom is 0.407 e. The summed E-state index contributed by atoms with van der Waals surface area (Å²) in [6.45, 7) is 17.1. The van der Waals surface area contributed by atoms with Crippen molar-refractivity contribution < 1.29 is 14.3 Å². The van der Waals surface area contributed by atoms with Crippen molar-refractivity contribution in [3.05, 3.63) is 41.6 Å². The Bertz CT molecular complexity index is 1260. The van der Waals surface area contributed by atoms with Crippen LogP contribution in [0.2, 0.25) is 0 Å². The summed E-state index contributed by atoms with van der Waals surface area (Å²) in [6, 6.07) is 11.0. The van der Waals surface area contributed by atoms with Gasteiger partial charge in [0.15, 0.2) is 5.65 Å². The molecule has 1 amide bonds. The van der Waals surface area contributed by atoms with Crippen LogP contribution in [0.3, 0.4) is 0 Å². The lowest BCUT2D eigenvalue weighted by Gasteiger charge is -2.30. The summed E-state index contributed by atoms with van der Waals surface area (Å²) in [5, 5.41) is 8.80. The molecule has 0 atom stereocenters. The zero-order chi connectivity index (χ0) is 27.4. The summed E-state index contributed by atoms with van der Waals surface area (Å²) >= 11 is 0. The highest BCUT2D eigenvalue weighted by Gasteiger charge is 2.22. The van der Waals surface area contributed by atoms with Crippen LogP contribution in [0.5, 0.6) is 0 Å². The number of hydrogen-bond acceptors (Lipinski definition) is 7. The molecule has 0 spiro atoms. The Hall–Kier alpha value is -3.17. The Morgan fingerprint density at radius 1 is 1.21 bits per heavy atom. The van der Waals surface area contributed by atoms with Crippen LogP contribution in [0.25, 0.3) is 22.3 Å². The summed E-state index contributed by atoms with van der Waals surface area (Å²) in [7, 11) is 2.05. The van der Waals surface area contributed by atoms with Crippen LogP contribution < -0.4 is 10.2 Å². The Labute approximate surface area is 226 Å². The average molecular weight is 523 g/mol. The number of amides is 1. The number of anilines is 1. The molecule has 0 saturated carbocycles. The first-order chi connectivity index (χ1) is 18.0. The third kappa shape index (κ3) is 6.82. The Balaban J connectivity index is 1.55. The van der Waals surface area contributed by atoms with Gasteiger partial charge in [0, 0.05) is 44.3 Å². The summed E-state index contributed by atoms with van der Waals surface area (Å²) in [5.41, 5.74) is 5.81. The molecule has 3 aromatic rings. The number of morpholine rings is 1. The van der Waals surface area contributed by atoms with Gasteiger partial charge in [-0.25, -0.2) is 14.5 Å². The molecule has 3 heterocycles. The second-order valence-corrected chi connectivity index (χ2v) is 11.3. The molecule has 0 bridgehead atoms. The number of benzene rings is 1. The largest absolute Gasteiger partial charge is 0.444 e. The molecule has 9 nitrogen and oxygen atoms in total. The highest BCUT2D eigenvalue weighted by atomic mass is 16.6. The number of aromatic nitrogens is 3. The number of fused-ring (bicyclic) bond motifs is 1. The van der Waals surface area contributed by atoms with Crippen molar-refractivity contribution in [1.82, 2.24) is 25.0 Å². The molecular weight excluding hydrogens is 480 g/mol. The van der Waals surface area contributed by atoms with Gasteiger partial charge in [0.25, 0.3) is 0 Å². The van der Waals surface area contributed by atoms with Gasteiger partial charge < -0.3 is 24.6 Å². The molecule has 1 saturated heterocycles. The van der Waals surface area contributed by atoms with E-state index in [0.29, 0.717) is 13.1 Å². The molecule has 4 rings (SSSR count). The predicted octanol–water partition coefficient (Wildman–Crippen LogP) is 4.78. The minimum absolute atomic E-state index is 0.209. The van der Waals surface area contributed by atoms with Gasteiger partial charge >= 0.3 is 6.09 Å². The SMILES string of the molecule is Cc1nn(C(C)C)c2nc(-c3cccc(CN(C)CCNC(=O)OC(C)(C)C)c3)cc(N3CCOCC3)c12. The number of aryl methyl sites for hydroxylation is 1. The first-order valence-corrected chi connectivity index (χ1v) is 13.5. The van der Waals surface area contributed by atoms with Crippen LogP contribution in [0, 0.1) is 6.92 Å². The zero-order valence-electron chi connectivity index (χ0n) is 23.9. The van der Waals surface area contributed by atoms with Crippen LogP contribution in [0.4, 0.5) is 10.5 Å². The molecule has 1 aliphatic rings. The Kier molecular flexibility index (Phi) is 8.57. The number of likely N-dealkylation sites (N-methyl/N-ethyl adjacent to an activating group) is 1. The number of hydrogen-bond donors (Lipinski definition) is 1. The van der Waals surface area contributed by atoms with E-state index in [1.807, 2.05) is 32.5 Å². The Morgan fingerprint density at radius 3 is 2.63 bits per heavy atom. The minimum atomic E-state index is -0.499. The smallest absolute Gasteiger partial charge is 0.407 e. The van der Waals surface area contributed by atoms with Crippen molar-refractivity contribution in [1.29, 1.82) is 0 Å². The Morgan fingerprint density at radius 2 is 1.95 bits per heavy atom. The van der Waals surface area contributed by atoms with Gasteiger partial charge in [-0.15, -0.1) is 0 Å². The van der Waals surface area contributed by atoms with E-state index in [2.05, 4.69) is 66.2 Å². The molecule has 1 N–H and O–H groups in total. The number of nitrogens with zero attached hydrogens (tertiary/aromatic N) is 5. The normalized spacial score (nSPS) is 14.5. The first kappa shape index (κ1) is 27.9. The molecule has 1 aromatic carbocycles. The summed E-state index contributed by atoms with van der Waals surface area (Å²) in [5.74, 6) is 0. The molecule has 0 aliphatic carbocycles.